The number of likely N-dealkylation sites (tertiary alicyclic amines) is 1. The lowest BCUT2D eigenvalue weighted by atomic mass is 10.1. The molecular weight excluding hydrogens is 316 g/mol. The molecule has 118 valence electrons. The summed E-state index contributed by atoms with van der Waals surface area (Å²) in [5, 5.41) is 7.01. The van der Waals surface area contributed by atoms with Gasteiger partial charge in [-0.3, -0.25) is 0 Å². The van der Waals surface area contributed by atoms with Crippen molar-refractivity contribution in [1.29, 1.82) is 0 Å². The number of benzene rings is 1. The molecule has 2 N–H and O–H groups in total. The minimum Gasteiger partial charge on any atom is -0.382 e. The molecule has 1 aliphatic heterocycles. The Morgan fingerprint density at radius 1 is 1.23 bits per heavy atom. The number of thiazole rings is 1. The summed E-state index contributed by atoms with van der Waals surface area (Å²) in [5.74, 6) is 0. The zero-order valence-electron chi connectivity index (χ0n) is 12.7. The van der Waals surface area contributed by atoms with Gasteiger partial charge in [0.2, 0.25) is 0 Å². The zero-order valence-corrected chi connectivity index (χ0v) is 14.3. The van der Waals surface area contributed by atoms with Crippen LogP contribution >= 0.6 is 22.9 Å². The van der Waals surface area contributed by atoms with Crippen molar-refractivity contribution in [2.45, 2.75) is 25.4 Å². The van der Waals surface area contributed by atoms with Gasteiger partial charge in [0.05, 0.1) is 6.54 Å². The highest BCUT2D eigenvalue weighted by atomic mass is 35.5. The van der Waals surface area contributed by atoms with E-state index in [1.54, 1.807) is 0 Å². The Hall–Kier alpha value is -1.30. The Balaban J connectivity index is 1.49. The van der Waals surface area contributed by atoms with Crippen LogP contribution in [0.2, 0.25) is 4.47 Å². The van der Waals surface area contributed by atoms with Gasteiger partial charge < -0.3 is 15.5 Å². The molecule has 22 heavy (non-hydrogen) atoms. The van der Waals surface area contributed by atoms with Crippen molar-refractivity contribution in [3.8, 4) is 0 Å². The first-order valence-corrected chi connectivity index (χ1v) is 8.78. The average molecular weight is 337 g/mol. The predicted octanol–water partition coefficient (Wildman–Crippen LogP) is 3.91. The molecule has 0 radical (unpaired) electrons. The third-order valence-corrected chi connectivity index (χ3v) is 5.08. The van der Waals surface area contributed by atoms with Crippen LogP contribution in [0.5, 0.6) is 0 Å². The van der Waals surface area contributed by atoms with Crippen LogP contribution in [0.1, 0.15) is 17.7 Å². The summed E-state index contributed by atoms with van der Waals surface area (Å²) in [4.78, 5) is 7.57. The molecule has 4 nitrogen and oxygen atoms in total. The molecule has 1 aromatic carbocycles. The maximum Gasteiger partial charge on any atom is 0.183 e. The smallest absolute Gasteiger partial charge is 0.183 e. The first kappa shape index (κ1) is 15.6. The van der Waals surface area contributed by atoms with Gasteiger partial charge in [-0.15, -0.1) is 11.3 Å². The summed E-state index contributed by atoms with van der Waals surface area (Å²) in [6, 6.07) is 9.09. The van der Waals surface area contributed by atoms with Crippen molar-refractivity contribution in [2.24, 2.45) is 0 Å². The maximum absolute atomic E-state index is 5.83. The van der Waals surface area contributed by atoms with Gasteiger partial charge >= 0.3 is 0 Å². The highest BCUT2D eigenvalue weighted by Crippen LogP contribution is 2.21. The van der Waals surface area contributed by atoms with E-state index in [0.29, 0.717) is 10.5 Å². The van der Waals surface area contributed by atoms with Crippen LogP contribution in [-0.2, 0) is 6.54 Å². The molecule has 1 aromatic heterocycles. The molecule has 0 aliphatic carbocycles. The van der Waals surface area contributed by atoms with Crippen molar-refractivity contribution >= 4 is 34.3 Å². The molecular formula is C16H21ClN4S. The minimum atomic E-state index is 0.592. The van der Waals surface area contributed by atoms with Gasteiger partial charge in [0, 0.05) is 28.5 Å². The molecule has 2 aromatic rings. The van der Waals surface area contributed by atoms with Crippen LogP contribution in [0.15, 0.2) is 30.5 Å². The Morgan fingerprint density at radius 2 is 1.91 bits per heavy atom. The maximum atomic E-state index is 5.83. The summed E-state index contributed by atoms with van der Waals surface area (Å²) in [5.41, 5.74) is 2.30. The number of nitrogens with one attached hydrogen (secondary N) is 2. The summed E-state index contributed by atoms with van der Waals surface area (Å²) in [7, 11) is 2.19. The topological polar surface area (TPSA) is 40.2 Å². The lowest BCUT2D eigenvalue weighted by Crippen LogP contribution is -2.36. The molecule has 0 atom stereocenters. The van der Waals surface area contributed by atoms with E-state index in [2.05, 4.69) is 51.8 Å². The van der Waals surface area contributed by atoms with Gasteiger partial charge in [0.25, 0.3) is 0 Å². The van der Waals surface area contributed by atoms with Crippen LogP contribution in [0.3, 0.4) is 0 Å². The van der Waals surface area contributed by atoms with Gasteiger partial charge in [-0.05, 0) is 57.2 Å². The van der Waals surface area contributed by atoms with Crippen LogP contribution in [0.4, 0.5) is 11.4 Å². The fourth-order valence-electron chi connectivity index (χ4n) is 2.63. The normalized spacial score (nSPS) is 16.6. The molecule has 1 fully saturated rings. The predicted molar refractivity (Wildman–Crippen MR) is 95.0 cm³/mol. The second-order valence-corrected chi connectivity index (χ2v) is 7.43. The van der Waals surface area contributed by atoms with E-state index in [1.807, 2.05) is 6.20 Å². The van der Waals surface area contributed by atoms with E-state index in [9.17, 15) is 0 Å². The number of hydrogen-bond acceptors (Lipinski definition) is 5. The Labute approximate surface area is 140 Å². The summed E-state index contributed by atoms with van der Waals surface area (Å²) in [6.45, 7) is 3.11. The second-order valence-electron chi connectivity index (χ2n) is 5.73. The van der Waals surface area contributed by atoms with E-state index in [0.717, 1.165) is 17.1 Å². The molecule has 0 unspecified atom stereocenters. The lowest BCUT2D eigenvalue weighted by Gasteiger charge is -2.30. The van der Waals surface area contributed by atoms with Crippen molar-refractivity contribution in [2.75, 3.05) is 30.8 Å². The number of anilines is 2. The second kappa shape index (κ2) is 7.31. The molecule has 6 heteroatoms. The standard InChI is InChI=1S/C16H21ClN4S/c1-21-8-6-14(7-9-21)20-13-4-2-12(3-5-13)18-10-15-11-19-16(17)22-15/h2-5,11,14,18,20H,6-10H2,1H3. The molecule has 3 rings (SSSR count). The van der Waals surface area contributed by atoms with Crippen molar-refractivity contribution in [3.05, 3.63) is 39.8 Å². The first-order valence-electron chi connectivity index (χ1n) is 7.58. The van der Waals surface area contributed by atoms with Crippen molar-refractivity contribution < 1.29 is 0 Å². The van der Waals surface area contributed by atoms with Gasteiger partial charge in [-0.25, -0.2) is 4.98 Å². The molecule has 1 aliphatic rings. The Kier molecular flexibility index (Phi) is 5.18. The van der Waals surface area contributed by atoms with E-state index in [1.165, 1.54) is 43.0 Å². The highest BCUT2D eigenvalue weighted by Gasteiger charge is 2.15. The number of hydrogen-bond donors (Lipinski definition) is 2. The van der Waals surface area contributed by atoms with Crippen molar-refractivity contribution in [3.63, 3.8) is 0 Å². The number of rotatable bonds is 5. The molecule has 0 saturated carbocycles. The molecule has 0 amide bonds. The quantitative estimate of drug-likeness (QED) is 0.868. The summed E-state index contributed by atoms with van der Waals surface area (Å²) in [6.07, 6.45) is 4.24. The van der Waals surface area contributed by atoms with E-state index < -0.39 is 0 Å². The number of piperidine rings is 1. The van der Waals surface area contributed by atoms with E-state index in [-0.39, 0.29) is 0 Å². The summed E-state index contributed by atoms with van der Waals surface area (Å²) >= 11 is 7.34. The van der Waals surface area contributed by atoms with Gasteiger partial charge in [-0.2, -0.15) is 0 Å². The number of nitrogens with zero attached hydrogens (tertiary/aromatic N) is 2. The third kappa shape index (κ3) is 4.35. The first-order chi connectivity index (χ1) is 10.7. The zero-order chi connectivity index (χ0) is 15.4. The minimum absolute atomic E-state index is 0.592. The molecule has 0 spiro atoms. The lowest BCUT2D eigenvalue weighted by molar-refractivity contribution is 0.264. The van der Waals surface area contributed by atoms with Gasteiger partial charge in [0.1, 0.15) is 0 Å². The third-order valence-electron chi connectivity index (χ3n) is 3.97. The molecule has 0 bridgehead atoms. The molecule has 1 saturated heterocycles. The summed E-state index contributed by atoms with van der Waals surface area (Å²) < 4.78 is 0.592. The van der Waals surface area contributed by atoms with E-state index in [4.69, 9.17) is 11.6 Å². The van der Waals surface area contributed by atoms with Gasteiger partial charge in [-0.1, -0.05) is 11.6 Å². The number of halogens is 1. The largest absolute Gasteiger partial charge is 0.382 e. The van der Waals surface area contributed by atoms with Crippen LogP contribution < -0.4 is 10.6 Å². The number of aromatic nitrogens is 1. The average Bonchev–Trinajstić information content (AvgIpc) is 2.94. The van der Waals surface area contributed by atoms with Crippen LogP contribution in [0, 0.1) is 0 Å². The monoisotopic (exact) mass is 336 g/mol. The highest BCUT2D eigenvalue weighted by molar-refractivity contribution is 7.15. The van der Waals surface area contributed by atoms with Gasteiger partial charge in [0.15, 0.2) is 4.47 Å². The fraction of sp³-hybridized carbons (Fsp3) is 0.438. The molecule has 2 heterocycles. The Morgan fingerprint density at radius 3 is 2.55 bits per heavy atom. The Bertz CT molecular complexity index is 590. The van der Waals surface area contributed by atoms with Crippen LogP contribution in [-0.4, -0.2) is 36.1 Å². The fourth-order valence-corrected chi connectivity index (χ4v) is 3.55. The SMILES string of the molecule is CN1CCC(Nc2ccc(NCc3cnc(Cl)s3)cc2)CC1. The van der Waals surface area contributed by atoms with Crippen LogP contribution in [0.25, 0.3) is 0 Å². The van der Waals surface area contributed by atoms with E-state index >= 15 is 0 Å². The van der Waals surface area contributed by atoms with Crippen molar-refractivity contribution in [1.82, 2.24) is 9.88 Å².